The van der Waals surface area contributed by atoms with Gasteiger partial charge >= 0.3 is 0 Å². The van der Waals surface area contributed by atoms with Crippen molar-refractivity contribution in [1.82, 2.24) is 15.3 Å². The first-order valence-electron chi connectivity index (χ1n) is 8.85. The van der Waals surface area contributed by atoms with Crippen molar-refractivity contribution in [3.8, 4) is 22.2 Å². The predicted molar refractivity (Wildman–Crippen MR) is 109 cm³/mol. The van der Waals surface area contributed by atoms with Gasteiger partial charge in [-0.2, -0.15) is 0 Å². The summed E-state index contributed by atoms with van der Waals surface area (Å²) in [5, 5.41) is 3.68. The molecule has 0 radical (unpaired) electrons. The van der Waals surface area contributed by atoms with Crippen LogP contribution >= 0.6 is 11.3 Å². The van der Waals surface area contributed by atoms with Crippen molar-refractivity contribution < 1.29 is 13.9 Å². The molecule has 0 aliphatic heterocycles. The number of nitrogens with zero attached hydrogens (tertiary/aromatic N) is 2. The summed E-state index contributed by atoms with van der Waals surface area (Å²) in [7, 11) is 0. The number of carbonyl (C=O) groups is 1. The number of carbonyl (C=O) groups excluding carboxylic acids is 1. The Labute approximate surface area is 170 Å². The maximum absolute atomic E-state index is 13.0. The quantitative estimate of drug-likeness (QED) is 0.487. The molecule has 0 bridgehead atoms. The first-order chi connectivity index (χ1) is 14.2. The van der Waals surface area contributed by atoms with Crippen LogP contribution in [0.2, 0.25) is 0 Å². The highest BCUT2D eigenvalue weighted by molar-refractivity contribution is 7.16. The molecule has 4 rings (SSSR count). The van der Waals surface area contributed by atoms with E-state index in [9.17, 15) is 9.18 Å². The van der Waals surface area contributed by atoms with Crippen LogP contribution in [0.4, 0.5) is 4.39 Å². The highest BCUT2D eigenvalue weighted by Crippen LogP contribution is 2.25. The van der Waals surface area contributed by atoms with Gasteiger partial charge in [0.05, 0.1) is 6.20 Å². The maximum Gasteiger partial charge on any atom is 0.263 e. The van der Waals surface area contributed by atoms with Gasteiger partial charge in [-0.15, -0.1) is 11.3 Å². The van der Waals surface area contributed by atoms with Gasteiger partial charge in [0.25, 0.3) is 5.91 Å². The topological polar surface area (TPSA) is 64.1 Å². The summed E-state index contributed by atoms with van der Waals surface area (Å²) < 4.78 is 18.6. The molecule has 5 nitrogen and oxygen atoms in total. The highest BCUT2D eigenvalue weighted by Gasteiger charge is 2.12. The molecule has 0 unspecified atom stereocenters. The molecule has 0 fully saturated rings. The van der Waals surface area contributed by atoms with Crippen LogP contribution in [0, 0.1) is 5.82 Å². The van der Waals surface area contributed by atoms with Gasteiger partial charge in [0.15, 0.2) is 0 Å². The number of pyridine rings is 1. The smallest absolute Gasteiger partial charge is 0.263 e. The number of halogens is 1. The Balaban J connectivity index is 1.38. The van der Waals surface area contributed by atoms with Gasteiger partial charge in [-0.3, -0.25) is 4.79 Å². The fourth-order valence-corrected chi connectivity index (χ4v) is 3.44. The molecule has 29 heavy (non-hydrogen) atoms. The molecule has 144 valence electrons. The average Bonchev–Trinajstić information content (AvgIpc) is 3.25. The molecule has 4 aromatic rings. The monoisotopic (exact) mass is 405 g/mol. The number of nitrogens with one attached hydrogen (secondary N) is 1. The fourth-order valence-electron chi connectivity index (χ4n) is 2.60. The molecule has 2 aromatic heterocycles. The summed E-state index contributed by atoms with van der Waals surface area (Å²) in [6.07, 6.45) is 3.18. The molecule has 0 aliphatic carbocycles. The molecule has 1 amide bonds. The van der Waals surface area contributed by atoms with E-state index in [1.165, 1.54) is 35.6 Å². The second kappa shape index (κ2) is 8.62. The minimum atomic E-state index is -0.333. The molecule has 2 heterocycles. The van der Waals surface area contributed by atoms with Crippen molar-refractivity contribution in [3.63, 3.8) is 0 Å². The molecule has 0 atom stereocenters. The summed E-state index contributed by atoms with van der Waals surface area (Å²) >= 11 is 1.34. The normalized spacial score (nSPS) is 10.5. The van der Waals surface area contributed by atoms with Gasteiger partial charge < -0.3 is 10.1 Å². The van der Waals surface area contributed by atoms with E-state index in [0.29, 0.717) is 23.1 Å². The summed E-state index contributed by atoms with van der Waals surface area (Å²) in [5.41, 5.74) is 1.81. The van der Waals surface area contributed by atoms with Crippen molar-refractivity contribution >= 4 is 17.2 Å². The third kappa shape index (κ3) is 4.83. The Kier molecular flexibility index (Phi) is 5.58. The molecule has 0 saturated carbocycles. The lowest BCUT2D eigenvalue weighted by Crippen LogP contribution is -2.21. The minimum absolute atomic E-state index is 0.192. The van der Waals surface area contributed by atoms with E-state index in [-0.39, 0.29) is 11.7 Å². The first kappa shape index (κ1) is 18.8. The molecule has 0 saturated heterocycles. The second-order valence-corrected chi connectivity index (χ2v) is 7.17. The number of hydrogen-bond donors (Lipinski definition) is 1. The van der Waals surface area contributed by atoms with Crippen LogP contribution in [0.25, 0.3) is 10.6 Å². The summed E-state index contributed by atoms with van der Waals surface area (Å²) in [6, 6.07) is 18.9. The maximum atomic E-state index is 13.0. The second-order valence-electron chi connectivity index (χ2n) is 6.14. The van der Waals surface area contributed by atoms with Crippen molar-refractivity contribution in [3.05, 3.63) is 95.4 Å². The lowest BCUT2D eigenvalue weighted by molar-refractivity contribution is 0.0954. The Morgan fingerprint density at radius 3 is 2.62 bits per heavy atom. The van der Waals surface area contributed by atoms with Gasteiger partial charge in [0.2, 0.25) is 5.88 Å². The lowest BCUT2D eigenvalue weighted by Gasteiger charge is -2.07. The van der Waals surface area contributed by atoms with E-state index >= 15 is 0 Å². The van der Waals surface area contributed by atoms with E-state index in [2.05, 4.69) is 15.3 Å². The SMILES string of the molecule is O=C(NCc1ccnc(Oc2ccc(F)cc2)c1)c1cnc(-c2ccccc2)s1. The Hall–Kier alpha value is -3.58. The number of benzene rings is 2. The zero-order chi connectivity index (χ0) is 20.1. The average molecular weight is 405 g/mol. The fraction of sp³-hybridized carbons (Fsp3) is 0.0455. The molecule has 7 heteroatoms. The first-order valence-corrected chi connectivity index (χ1v) is 9.67. The Morgan fingerprint density at radius 2 is 1.83 bits per heavy atom. The molecule has 0 spiro atoms. The number of rotatable bonds is 6. The molecular formula is C22H16FN3O2S. The van der Waals surface area contributed by atoms with Gasteiger partial charge in [-0.25, -0.2) is 14.4 Å². The lowest BCUT2D eigenvalue weighted by atomic mass is 10.2. The summed E-state index contributed by atoms with van der Waals surface area (Å²) in [6.45, 7) is 0.319. The van der Waals surface area contributed by atoms with E-state index in [1.54, 1.807) is 24.5 Å². The number of thiazole rings is 1. The number of amides is 1. The van der Waals surface area contributed by atoms with E-state index in [0.717, 1.165) is 16.1 Å². The van der Waals surface area contributed by atoms with Crippen LogP contribution in [0.1, 0.15) is 15.2 Å². The van der Waals surface area contributed by atoms with Crippen molar-refractivity contribution in [2.45, 2.75) is 6.54 Å². The van der Waals surface area contributed by atoms with Crippen molar-refractivity contribution in [2.24, 2.45) is 0 Å². The standard InChI is InChI=1S/C22H16FN3O2S/c23-17-6-8-18(9-7-17)28-20-12-15(10-11-24-20)13-25-21(27)19-14-26-22(29-19)16-4-2-1-3-5-16/h1-12,14H,13H2,(H,25,27). The zero-order valence-electron chi connectivity index (χ0n) is 15.2. The van der Waals surface area contributed by atoms with Gasteiger partial charge in [-0.1, -0.05) is 30.3 Å². The van der Waals surface area contributed by atoms with Crippen LogP contribution < -0.4 is 10.1 Å². The molecule has 1 N–H and O–H groups in total. The van der Waals surface area contributed by atoms with Crippen LogP contribution in [0.3, 0.4) is 0 Å². The van der Waals surface area contributed by atoms with Crippen LogP contribution in [-0.4, -0.2) is 15.9 Å². The third-order valence-corrected chi connectivity index (χ3v) is 5.08. The highest BCUT2D eigenvalue weighted by atomic mass is 32.1. The van der Waals surface area contributed by atoms with Crippen molar-refractivity contribution in [1.29, 1.82) is 0 Å². The van der Waals surface area contributed by atoms with E-state index < -0.39 is 0 Å². The number of ether oxygens (including phenoxy) is 1. The molecular weight excluding hydrogens is 389 g/mol. The Bertz CT molecular complexity index is 1110. The zero-order valence-corrected chi connectivity index (χ0v) is 16.0. The molecule has 0 aliphatic rings. The Morgan fingerprint density at radius 1 is 1.03 bits per heavy atom. The van der Waals surface area contributed by atoms with Crippen LogP contribution in [0.15, 0.2) is 79.1 Å². The van der Waals surface area contributed by atoms with Crippen LogP contribution in [-0.2, 0) is 6.54 Å². The minimum Gasteiger partial charge on any atom is -0.439 e. The van der Waals surface area contributed by atoms with Gasteiger partial charge in [0, 0.05) is 24.4 Å². The van der Waals surface area contributed by atoms with Gasteiger partial charge in [-0.05, 0) is 35.9 Å². The van der Waals surface area contributed by atoms with E-state index in [4.69, 9.17) is 4.74 Å². The van der Waals surface area contributed by atoms with E-state index in [1.807, 2.05) is 30.3 Å². The summed E-state index contributed by atoms with van der Waals surface area (Å²) in [5.74, 6) is 0.327. The molecule has 2 aromatic carbocycles. The largest absolute Gasteiger partial charge is 0.439 e. The van der Waals surface area contributed by atoms with Crippen molar-refractivity contribution in [2.75, 3.05) is 0 Å². The number of hydrogen-bond acceptors (Lipinski definition) is 5. The predicted octanol–water partition coefficient (Wildman–Crippen LogP) is 5.07. The third-order valence-electron chi connectivity index (χ3n) is 4.04. The van der Waals surface area contributed by atoms with Gasteiger partial charge in [0.1, 0.15) is 21.5 Å². The number of aromatic nitrogens is 2. The van der Waals surface area contributed by atoms with Crippen LogP contribution in [0.5, 0.6) is 11.6 Å². The summed E-state index contributed by atoms with van der Waals surface area (Å²) in [4.78, 5) is 21.5.